The van der Waals surface area contributed by atoms with E-state index in [1.54, 1.807) is 19.0 Å². The molecular formula is C28H30N8O. The first kappa shape index (κ1) is 24.2. The van der Waals surface area contributed by atoms with Crippen LogP contribution in [0.25, 0.3) is 33.5 Å². The van der Waals surface area contributed by atoms with Gasteiger partial charge in [0.05, 0.1) is 11.0 Å². The first-order chi connectivity index (χ1) is 18.0. The molecule has 0 spiro atoms. The van der Waals surface area contributed by atoms with Crippen LogP contribution in [0.5, 0.6) is 0 Å². The van der Waals surface area contributed by atoms with Crippen LogP contribution in [0.1, 0.15) is 30.3 Å². The lowest BCUT2D eigenvalue weighted by atomic mass is 9.98. The summed E-state index contributed by atoms with van der Waals surface area (Å²) >= 11 is 0. The fourth-order valence-electron chi connectivity index (χ4n) is 4.68. The number of nitrogens with zero attached hydrogens (tertiary/aromatic N) is 6. The molecule has 37 heavy (non-hydrogen) atoms. The summed E-state index contributed by atoms with van der Waals surface area (Å²) < 4.78 is 2.27. The number of rotatable bonds is 7. The van der Waals surface area contributed by atoms with E-state index in [-0.39, 0.29) is 6.03 Å². The van der Waals surface area contributed by atoms with Crippen molar-refractivity contribution in [2.45, 2.75) is 33.2 Å². The molecule has 0 atom stereocenters. The molecule has 5 aromatic rings. The van der Waals surface area contributed by atoms with E-state index in [1.807, 2.05) is 31.2 Å². The van der Waals surface area contributed by atoms with Gasteiger partial charge in [0.1, 0.15) is 5.82 Å². The molecule has 2 aromatic heterocycles. The van der Waals surface area contributed by atoms with Gasteiger partial charge in [-0.3, -0.25) is 4.90 Å². The van der Waals surface area contributed by atoms with Gasteiger partial charge in [-0.05, 0) is 58.2 Å². The van der Waals surface area contributed by atoms with Crippen molar-refractivity contribution in [3.63, 3.8) is 0 Å². The van der Waals surface area contributed by atoms with Crippen molar-refractivity contribution in [2.75, 3.05) is 19.0 Å². The Balaban J connectivity index is 1.51. The number of hydrogen-bond donors (Lipinski definition) is 2. The molecule has 3 aromatic carbocycles. The van der Waals surface area contributed by atoms with E-state index in [1.165, 1.54) is 5.56 Å². The number of aromatic amines is 1. The van der Waals surface area contributed by atoms with E-state index >= 15 is 0 Å². The molecule has 2 amide bonds. The third-order valence-corrected chi connectivity index (χ3v) is 6.62. The van der Waals surface area contributed by atoms with Crippen molar-refractivity contribution in [3.8, 4) is 22.5 Å². The minimum absolute atomic E-state index is 0.157. The fraction of sp³-hybridized carbons (Fsp3) is 0.250. The van der Waals surface area contributed by atoms with Gasteiger partial charge in [-0.15, -0.1) is 5.10 Å². The minimum atomic E-state index is -0.157. The highest BCUT2D eigenvalue weighted by atomic mass is 16.2. The SMILES string of the molecule is CCCc1nc2c(C)cc(N(C)C(=O)NC)cc2n1Cc1ccc(-c2ccccc2-c2nnn[nH]2)cc1. The highest BCUT2D eigenvalue weighted by Crippen LogP contribution is 2.31. The molecule has 9 heteroatoms. The van der Waals surface area contributed by atoms with Crippen molar-refractivity contribution < 1.29 is 4.79 Å². The quantitative estimate of drug-likeness (QED) is 0.332. The molecule has 0 bridgehead atoms. The summed E-state index contributed by atoms with van der Waals surface area (Å²) in [5.74, 6) is 1.69. The van der Waals surface area contributed by atoms with Crippen molar-refractivity contribution in [1.82, 2.24) is 35.5 Å². The van der Waals surface area contributed by atoms with Crippen molar-refractivity contribution in [1.29, 1.82) is 0 Å². The summed E-state index contributed by atoms with van der Waals surface area (Å²) in [6, 6.07) is 20.6. The van der Waals surface area contributed by atoms with Gasteiger partial charge >= 0.3 is 6.03 Å². The smallest absolute Gasteiger partial charge is 0.321 e. The van der Waals surface area contributed by atoms with E-state index in [0.717, 1.165) is 57.6 Å². The van der Waals surface area contributed by atoms with Gasteiger partial charge in [0, 0.05) is 38.3 Å². The number of aromatic nitrogens is 6. The zero-order valence-corrected chi connectivity index (χ0v) is 21.5. The normalized spacial score (nSPS) is 11.1. The summed E-state index contributed by atoms with van der Waals surface area (Å²) in [5, 5.41) is 17.1. The Labute approximate surface area is 215 Å². The number of fused-ring (bicyclic) bond motifs is 1. The van der Waals surface area contributed by atoms with E-state index in [4.69, 9.17) is 4.98 Å². The number of benzene rings is 3. The number of tetrazole rings is 1. The highest BCUT2D eigenvalue weighted by Gasteiger charge is 2.17. The average molecular weight is 495 g/mol. The molecule has 2 N–H and O–H groups in total. The molecule has 0 aliphatic rings. The maximum absolute atomic E-state index is 12.3. The molecule has 0 aliphatic carbocycles. The molecule has 0 saturated heterocycles. The van der Waals surface area contributed by atoms with Crippen LogP contribution in [0.2, 0.25) is 0 Å². The first-order valence-electron chi connectivity index (χ1n) is 12.4. The molecule has 2 heterocycles. The molecule has 0 aliphatic heterocycles. The van der Waals surface area contributed by atoms with Crippen molar-refractivity contribution in [2.24, 2.45) is 0 Å². The topological polar surface area (TPSA) is 105 Å². The number of urea groups is 1. The van der Waals surface area contributed by atoms with Gasteiger partial charge in [-0.2, -0.15) is 0 Å². The highest BCUT2D eigenvalue weighted by molar-refractivity contribution is 5.94. The third kappa shape index (κ3) is 4.67. The van der Waals surface area contributed by atoms with Gasteiger partial charge < -0.3 is 9.88 Å². The van der Waals surface area contributed by atoms with Crippen LogP contribution in [-0.2, 0) is 13.0 Å². The molecule has 0 saturated carbocycles. The number of hydrogen-bond acceptors (Lipinski definition) is 5. The third-order valence-electron chi connectivity index (χ3n) is 6.62. The fourth-order valence-corrected chi connectivity index (χ4v) is 4.68. The Kier molecular flexibility index (Phi) is 6.68. The number of aryl methyl sites for hydroxylation is 2. The van der Waals surface area contributed by atoms with Crippen LogP contribution in [0, 0.1) is 6.92 Å². The molecule has 0 radical (unpaired) electrons. The lowest BCUT2D eigenvalue weighted by molar-refractivity contribution is 0.249. The Hall–Kier alpha value is -4.53. The van der Waals surface area contributed by atoms with Crippen LogP contribution in [0.3, 0.4) is 0 Å². The number of H-pyrrole nitrogens is 1. The average Bonchev–Trinajstić information content (AvgIpc) is 3.58. The van der Waals surface area contributed by atoms with Crippen LogP contribution >= 0.6 is 0 Å². The van der Waals surface area contributed by atoms with E-state index in [9.17, 15) is 4.79 Å². The maximum atomic E-state index is 12.3. The lowest BCUT2D eigenvalue weighted by Crippen LogP contribution is -2.34. The minimum Gasteiger partial charge on any atom is -0.341 e. The Bertz CT molecular complexity index is 1540. The number of carbonyl (C=O) groups excluding carboxylic acids is 1. The monoisotopic (exact) mass is 494 g/mol. The second kappa shape index (κ2) is 10.2. The maximum Gasteiger partial charge on any atom is 0.321 e. The summed E-state index contributed by atoms with van der Waals surface area (Å²) in [7, 11) is 3.41. The van der Waals surface area contributed by atoms with Crippen LogP contribution in [0.15, 0.2) is 60.7 Å². The number of imidazole rings is 1. The second-order valence-corrected chi connectivity index (χ2v) is 9.10. The van der Waals surface area contributed by atoms with Crippen LogP contribution < -0.4 is 10.2 Å². The standard InChI is InChI=1S/C28H30N8O/c1-5-8-25-30-26-18(2)15-21(35(4)28(37)29-3)16-24(26)36(25)17-19-11-13-20(14-12-19)22-9-6-7-10-23(22)27-31-33-34-32-27/h6-7,9-16H,5,8,17H2,1-4H3,(H,29,37)(H,31,32,33,34). The molecule has 0 unspecified atom stereocenters. The summed E-state index contributed by atoms with van der Waals surface area (Å²) in [5.41, 5.74) is 8.16. The largest absolute Gasteiger partial charge is 0.341 e. The van der Waals surface area contributed by atoms with Gasteiger partial charge in [-0.1, -0.05) is 55.5 Å². The van der Waals surface area contributed by atoms with Crippen molar-refractivity contribution in [3.05, 3.63) is 77.6 Å². The van der Waals surface area contributed by atoms with Gasteiger partial charge in [0.2, 0.25) is 0 Å². The molecule has 5 rings (SSSR count). The van der Waals surface area contributed by atoms with Gasteiger partial charge in [0.25, 0.3) is 0 Å². The Morgan fingerprint density at radius 2 is 1.84 bits per heavy atom. The molecule has 0 fully saturated rings. The van der Waals surface area contributed by atoms with Gasteiger partial charge in [-0.25, -0.2) is 14.9 Å². The number of anilines is 1. The zero-order valence-electron chi connectivity index (χ0n) is 21.5. The first-order valence-corrected chi connectivity index (χ1v) is 12.4. The Morgan fingerprint density at radius 1 is 1.08 bits per heavy atom. The van der Waals surface area contributed by atoms with Crippen molar-refractivity contribution >= 4 is 22.8 Å². The lowest BCUT2D eigenvalue weighted by Gasteiger charge is -2.18. The predicted octanol–water partition coefficient (Wildman–Crippen LogP) is 4.97. The summed E-state index contributed by atoms with van der Waals surface area (Å²) in [4.78, 5) is 18.9. The molecule has 9 nitrogen and oxygen atoms in total. The summed E-state index contributed by atoms with van der Waals surface area (Å²) in [6.45, 7) is 4.90. The van der Waals surface area contributed by atoms with Gasteiger partial charge in [0.15, 0.2) is 5.82 Å². The summed E-state index contributed by atoms with van der Waals surface area (Å²) in [6.07, 6.45) is 1.88. The number of nitrogens with one attached hydrogen (secondary N) is 2. The van der Waals surface area contributed by atoms with E-state index in [0.29, 0.717) is 12.4 Å². The second-order valence-electron chi connectivity index (χ2n) is 9.10. The van der Waals surface area contributed by atoms with Crippen LogP contribution in [-0.4, -0.2) is 50.3 Å². The number of amides is 2. The van der Waals surface area contributed by atoms with E-state index < -0.39 is 0 Å². The molecular weight excluding hydrogens is 464 g/mol. The van der Waals surface area contributed by atoms with E-state index in [2.05, 4.69) is 73.8 Å². The van der Waals surface area contributed by atoms with Crippen LogP contribution in [0.4, 0.5) is 10.5 Å². The predicted molar refractivity (Wildman–Crippen MR) is 145 cm³/mol. The number of carbonyl (C=O) groups is 1. The molecule has 188 valence electrons. The zero-order chi connectivity index (χ0) is 25.9. The Morgan fingerprint density at radius 3 is 2.51 bits per heavy atom.